The lowest BCUT2D eigenvalue weighted by Gasteiger charge is -2.16. The van der Waals surface area contributed by atoms with Crippen molar-refractivity contribution in [2.24, 2.45) is 0 Å². The first-order chi connectivity index (χ1) is 13.2. The average Bonchev–Trinajstić information content (AvgIpc) is 3.09. The Labute approximate surface area is 160 Å². The number of unbranched alkanes of at least 4 members (excludes halogenated alkanes) is 1. The van der Waals surface area contributed by atoms with Gasteiger partial charge in [-0.3, -0.25) is 0 Å². The molecular weight excluding hydrogens is 332 g/mol. The van der Waals surface area contributed by atoms with E-state index in [-0.39, 0.29) is 5.92 Å². The molecule has 0 amide bonds. The van der Waals surface area contributed by atoms with E-state index in [0.717, 1.165) is 30.1 Å². The number of nitrogens with zero attached hydrogens (tertiary/aromatic N) is 2. The Morgan fingerprint density at radius 3 is 2.59 bits per heavy atom. The number of hydrogen-bond donors (Lipinski definition) is 0. The summed E-state index contributed by atoms with van der Waals surface area (Å²) < 4.78 is 7.75. The minimum absolute atomic E-state index is 0.237. The van der Waals surface area contributed by atoms with Gasteiger partial charge in [-0.05, 0) is 47.0 Å². The van der Waals surface area contributed by atoms with E-state index in [1.165, 1.54) is 28.3 Å². The second-order valence-electron chi connectivity index (χ2n) is 7.16. The third-order valence-corrected chi connectivity index (χ3v) is 5.38. The SMILES string of the molecule is CCCCn1c([C@@H](C)c2ccc3cc(OC)ccc3c2)nc2ccccc21. The molecule has 0 N–H and O–H groups in total. The largest absolute Gasteiger partial charge is 0.497 e. The maximum atomic E-state index is 5.34. The number of imidazole rings is 1. The van der Waals surface area contributed by atoms with E-state index >= 15 is 0 Å². The summed E-state index contributed by atoms with van der Waals surface area (Å²) in [5.74, 6) is 2.28. The van der Waals surface area contributed by atoms with E-state index < -0.39 is 0 Å². The zero-order valence-electron chi connectivity index (χ0n) is 16.3. The number of aryl methyl sites for hydroxylation is 1. The van der Waals surface area contributed by atoms with Crippen LogP contribution in [-0.2, 0) is 6.54 Å². The maximum Gasteiger partial charge on any atom is 0.119 e. The third kappa shape index (κ3) is 3.30. The molecule has 0 aliphatic rings. The maximum absolute atomic E-state index is 5.34. The number of benzene rings is 3. The van der Waals surface area contributed by atoms with Crippen LogP contribution in [0.3, 0.4) is 0 Å². The molecule has 4 rings (SSSR count). The first kappa shape index (κ1) is 17.6. The van der Waals surface area contributed by atoms with Crippen LogP contribution in [0.4, 0.5) is 0 Å². The highest BCUT2D eigenvalue weighted by Crippen LogP contribution is 2.30. The molecule has 0 radical (unpaired) electrons. The molecule has 0 aliphatic heterocycles. The Hall–Kier alpha value is -2.81. The highest BCUT2D eigenvalue weighted by molar-refractivity contribution is 5.85. The second kappa shape index (κ2) is 7.43. The summed E-state index contributed by atoms with van der Waals surface area (Å²) in [5, 5.41) is 2.43. The number of rotatable bonds is 6. The molecule has 0 saturated carbocycles. The Morgan fingerprint density at radius 1 is 1.00 bits per heavy atom. The summed E-state index contributed by atoms with van der Waals surface area (Å²) in [6.07, 6.45) is 2.34. The van der Waals surface area contributed by atoms with Crippen molar-refractivity contribution in [2.75, 3.05) is 7.11 Å². The second-order valence-corrected chi connectivity index (χ2v) is 7.16. The third-order valence-electron chi connectivity index (χ3n) is 5.38. The molecule has 27 heavy (non-hydrogen) atoms. The number of methoxy groups -OCH3 is 1. The zero-order chi connectivity index (χ0) is 18.8. The highest BCUT2D eigenvalue weighted by atomic mass is 16.5. The van der Waals surface area contributed by atoms with Crippen molar-refractivity contribution in [3.63, 3.8) is 0 Å². The van der Waals surface area contributed by atoms with Gasteiger partial charge in [-0.15, -0.1) is 0 Å². The molecular formula is C24H26N2O. The molecule has 3 aromatic carbocycles. The fourth-order valence-corrected chi connectivity index (χ4v) is 3.76. The summed E-state index contributed by atoms with van der Waals surface area (Å²) in [7, 11) is 1.71. The zero-order valence-corrected chi connectivity index (χ0v) is 16.3. The van der Waals surface area contributed by atoms with Gasteiger partial charge in [0.1, 0.15) is 11.6 Å². The van der Waals surface area contributed by atoms with Gasteiger partial charge in [-0.25, -0.2) is 4.98 Å². The van der Waals surface area contributed by atoms with Gasteiger partial charge in [0, 0.05) is 12.5 Å². The van der Waals surface area contributed by atoms with Crippen LogP contribution in [-0.4, -0.2) is 16.7 Å². The van der Waals surface area contributed by atoms with Crippen molar-refractivity contribution in [2.45, 2.75) is 39.2 Å². The van der Waals surface area contributed by atoms with Crippen LogP contribution in [0.25, 0.3) is 21.8 Å². The van der Waals surface area contributed by atoms with E-state index in [4.69, 9.17) is 9.72 Å². The monoisotopic (exact) mass is 358 g/mol. The molecule has 0 spiro atoms. The first-order valence-corrected chi connectivity index (χ1v) is 9.74. The summed E-state index contributed by atoms with van der Waals surface area (Å²) in [5.41, 5.74) is 3.61. The predicted molar refractivity (Wildman–Crippen MR) is 113 cm³/mol. The Bertz CT molecular complexity index is 1080. The molecule has 3 nitrogen and oxygen atoms in total. The fourth-order valence-electron chi connectivity index (χ4n) is 3.76. The van der Waals surface area contributed by atoms with Gasteiger partial charge in [-0.2, -0.15) is 0 Å². The molecule has 0 unspecified atom stereocenters. The van der Waals surface area contributed by atoms with E-state index in [1.807, 2.05) is 6.07 Å². The topological polar surface area (TPSA) is 27.1 Å². The molecule has 0 bridgehead atoms. The first-order valence-electron chi connectivity index (χ1n) is 9.74. The summed E-state index contributed by atoms with van der Waals surface area (Å²) >= 11 is 0. The van der Waals surface area contributed by atoms with Crippen LogP contribution >= 0.6 is 0 Å². The normalized spacial score (nSPS) is 12.6. The predicted octanol–water partition coefficient (Wildman–Crippen LogP) is 6.15. The molecule has 0 saturated heterocycles. The van der Waals surface area contributed by atoms with Gasteiger partial charge in [-0.1, -0.05) is 56.7 Å². The lowest BCUT2D eigenvalue weighted by atomic mass is 9.97. The van der Waals surface area contributed by atoms with E-state index in [2.05, 4.69) is 73.0 Å². The van der Waals surface area contributed by atoms with Crippen molar-refractivity contribution in [1.82, 2.24) is 9.55 Å². The van der Waals surface area contributed by atoms with Crippen LogP contribution in [0.2, 0.25) is 0 Å². The lowest BCUT2D eigenvalue weighted by molar-refractivity contribution is 0.415. The van der Waals surface area contributed by atoms with Gasteiger partial charge in [0.15, 0.2) is 0 Å². The van der Waals surface area contributed by atoms with Gasteiger partial charge in [0.25, 0.3) is 0 Å². The summed E-state index contributed by atoms with van der Waals surface area (Å²) in [6, 6.07) is 21.4. The molecule has 3 heteroatoms. The molecule has 1 atom stereocenters. The summed E-state index contributed by atoms with van der Waals surface area (Å²) in [4.78, 5) is 4.99. The minimum atomic E-state index is 0.237. The van der Waals surface area contributed by atoms with Crippen LogP contribution in [0.15, 0.2) is 60.7 Å². The quantitative estimate of drug-likeness (QED) is 0.413. The van der Waals surface area contributed by atoms with Crippen LogP contribution < -0.4 is 4.74 Å². The van der Waals surface area contributed by atoms with Crippen molar-refractivity contribution in [3.8, 4) is 5.75 Å². The van der Waals surface area contributed by atoms with E-state index in [9.17, 15) is 0 Å². The van der Waals surface area contributed by atoms with Crippen LogP contribution in [0, 0.1) is 0 Å². The number of fused-ring (bicyclic) bond motifs is 2. The van der Waals surface area contributed by atoms with Crippen LogP contribution in [0.5, 0.6) is 5.75 Å². The van der Waals surface area contributed by atoms with Gasteiger partial charge < -0.3 is 9.30 Å². The fraction of sp³-hybridized carbons (Fsp3) is 0.292. The molecule has 0 aliphatic carbocycles. The van der Waals surface area contributed by atoms with Gasteiger partial charge in [0.05, 0.1) is 18.1 Å². The Balaban J connectivity index is 1.77. The summed E-state index contributed by atoms with van der Waals surface area (Å²) in [6.45, 7) is 5.51. The molecule has 1 aromatic heterocycles. The Morgan fingerprint density at radius 2 is 1.78 bits per heavy atom. The molecule has 1 heterocycles. The lowest BCUT2D eigenvalue weighted by Crippen LogP contribution is -2.08. The molecule has 4 aromatic rings. The standard InChI is InChI=1S/C24H26N2O/c1-4-5-14-26-23-9-7-6-8-22(23)25-24(26)17(2)18-10-11-20-16-21(27-3)13-12-19(20)15-18/h6-13,15-17H,4-5,14H2,1-3H3/t17-/m0/s1. The number of para-hydroxylation sites is 2. The van der Waals surface area contributed by atoms with Crippen molar-refractivity contribution < 1.29 is 4.74 Å². The highest BCUT2D eigenvalue weighted by Gasteiger charge is 2.18. The molecule has 138 valence electrons. The van der Waals surface area contributed by atoms with Crippen molar-refractivity contribution in [1.29, 1.82) is 0 Å². The number of ether oxygens (including phenoxy) is 1. The minimum Gasteiger partial charge on any atom is -0.497 e. The van der Waals surface area contributed by atoms with Crippen LogP contribution in [0.1, 0.15) is 44.0 Å². The van der Waals surface area contributed by atoms with E-state index in [1.54, 1.807) is 7.11 Å². The van der Waals surface area contributed by atoms with Gasteiger partial charge in [0.2, 0.25) is 0 Å². The number of aromatic nitrogens is 2. The Kier molecular flexibility index (Phi) is 4.85. The van der Waals surface area contributed by atoms with Crippen molar-refractivity contribution >= 4 is 21.8 Å². The van der Waals surface area contributed by atoms with E-state index in [0.29, 0.717) is 0 Å². The molecule has 0 fully saturated rings. The number of hydrogen-bond acceptors (Lipinski definition) is 2. The smallest absolute Gasteiger partial charge is 0.119 e. The van der Waals surface area contributed by atoms with Gasteiger partial charge >= 0.3 is 0 Å². The van der Waals surface area contributed by atoms with Crippen molar-refractivity contribution in [3.05, 3.63) is 72.1 Å². The average molecular weight is 358 g/mol.